The summed E-state index contributed by atoms with van der Waals surface area (Å²) in [6.45, 7) is 2.32. The molecule has 0 saturated heterocycles. The SMILES string of the molecule is CCCCS(=N)(=O)c1nc(N)c2c(n1)N(Cc1ccccc1)C(=O)C2. The molecule has 0 aliphatic carbocycles. The zero-order valence-electron chi connectivity index (χ0n) is 14.1. The molecule has 3 N–H and O–H groups in total. The van der Waals surface area contributed by atoms with Crippen LogP contribution in [0.25, 0.3) is 0 Å². The van der Waals surface area contributed by atoms with Gasteiger partial charge in [0.05, 0.1) is 13.0 Å². The van der Waals surface area contributed by atoms with Crippen molar-refractivity contribution in [2.75, 3.05) is 16.4 Å². The van der Waals surface area contributed by atoms with Crippen LogP contribution in [-0.4, -0.2) is 25.8 Å². The maximum atomic E-state index is 12.6. The molecule has 7 nitrogen and oxygen atoms in total. The molecule has 0 spiro atoms. The highest BCUT2D eigenvalue weighted by Crippen LogP contribution is 2.32. The molecule has 3 rings (SSSR count). The first-order valence-electron chi connectivity index (χ1n) is 8.19. The van der Waals surface area contributed by atoms with Gasteiger partial charge in [0.25, 0.3) is 0 Å². The lowest BCUT2D eigenvalue weighted by atomic mass is 10.2. The topological polar surface area (TPSA) is 113 Å². The summed E-state index contributed by atoms with van der Waals surface area (Å²) in [7, 11) is -3.12. The Morgan fingerprint density at radius 3 is 2.68 bits per heavy atom. The van der Waals surface area contributed by atoms with Crippen molar-refractivity contribution in [1.29, 1.82) is 4.78 Å². The van der Waals surface area contributed by atoms with E-state index in [0.717, 1.165) is 12.0 Å². The fourth-order valence-electron chi connectivity index (χ4n) is 2.74. The maximum Gasteiger partial charge on any atom is 0.233 e. The lowest BCUT2D eigenvalue weighted by Crippen LogP contribution is -2.27. The standard InChI is InChI=1S/C17H21N5O2S/c1-2-3-9-25(19,24)17-20-15(18)13-10-14(23)22(16(13)21-17)11-12-7-5-4-6-8-12/h4-8,19H,2-3,9-11H2,1H3,(H2,18,20,21). The number of aromatic nitrogens is 2. The summed E-state index contributed by atoms with van der Waals surface area (Å²) in [6.07, 6.45) is 1.60. The third-order valence-corrected chi connectivity index (χ3v) is 5.78. The zero-order valence-corrected chi connectivity index (χ0v) is 14.9. The van der Waals surface area contributed by atoms with Crippen LogP contribution in [0.5, 0.6) is 0 Å². The Kier molecular flexibility index (Phi) is 4.71. The summed E-state index contributed by atoms with van der Waals surface area (Å²) in [5.41, 5.74) is 7.49. The van der Waals surface area contributed by atoms with E-state index >= 15 is 0 Å². The monoisotopic (exact) mass is 359 g/mol. The molecule has 0 saturated carbocycles. The number of fused-ring (bicyclic) bond motifs is 1. The number of unbranched alkanes of at least 4 members (excludes halogenated alkanes) is 1. The largest absolute Gasteiger partial charge is 0.383 e. The summed E-state index contributed by atoms with van der Waals surface area (Å²) < 4.78 is 20.7. The molecule has 1 aliphatic rings. The van der Waals surface area contributed by atoms with Gasteiger partial charge >= 0.3 is 0 Å². The maximum absolute atomic E-state index is 12.6. The molecule has 1 unspecified atom stereocenters. The number of carbonyl (C=O) groups excluding carboxylic acids is 1. The molecule has 132 valence electrons. The van der Waals surface area contributed by atoms with E-state index in [9.17, 15) is 9.00 Å². The van der Waals surface area contributed by atoms with Gasteiger partial charge in [-0.2, -0.15) is 0 Å². The first kappa shape index (κ1) is 17.3. The third kappa shape index (κ3) is 3.48. The highest BCUT2D eigenvalue weighted by Gasteiger charge is 2.33. The summed E-state index contributed by atoms with van der Waals surface area (Å²) in [6, 6.07) is 9.55. The van der Waals surface area contributed by atoms with Crippen LogP contribution in [0.2, 0.25) is 0 Å². The van der Waals surface area contributed by atoms with Crippen molar-refractivity contribution < 1.29 is 9.00 Å². The van der Waals surface area contributed by atoms with Gasteiger partial charge in [-0.1, -0.05) is 43.7 Å². The highest BCUT2D eigenvalue weighted by molar-refractivity contribution is 7.92. The van der Waals surface area contributed by atoms with Crippen molar-refractivity contribution in [3.63, 3.8) is 0 Å². The number of nitrogens with two attached hydrogens (primary N) is 1. The van der Waals surface area contributed by atoms with Crippen molar-refractivity contribution in [3.05, 3.63) is 41.5 Å². The molecular weight excluding hydrogens is 338 g/mol. The van der Waals surface area contributed by atoms with Gasteiger partial charge in [-0.15, -0.1) is 0 Å². The highest BCUT2D eigenvalue weighted by atomic mass is 32.2. The molecule has 1 aromatic heterocycles. The smallest absolute Gasteiger partial charge is 0.233 e. The van der Waals surface area contributed by atoms with Gasteiger partial charge < -0.3 is 5.73 Å². The Morgan fingerprint density at radius 2 is 2.00 bits per heavy atom. The van der Waals surface area contributed by atoms with Crippen LogP contribution in [0.4, 0.5) is 11.6 Å². The van der Waals surface area contributed by atoms with E-state index in [0.29, 0.717) is 24.3 Å². The van der Waals surface area contributed by atoms with Crippen LogP contribution in [0.3, 0.4) is 0 Å². The van der Waals surface area contributed by atoms with E-state index < -0.39 is 9.73 Å². The minimum atomic E-state index is -3.12. The number of amides is 1. The second kappa shape index (κ2) is 6.79. The Bertz CT molecular complexity index is 897. The quantitative estimate of drug-likeness (QED) is 0.769. The van der Waals surface area contributed by atoms with Crippen LogP contribution < -0.4 is 10.6 Å². The number of hydrogen-bond acceptors (Lipinski definition) is 6. The van der Waals surface area contributed by atoms with Gasteiger partial charge in [0.15, 0.2) is 0 Å². The molecule has 25 heavy (non-hydrogen) atoms. The number of rotatable bonds is 6. The van der Waals surface area contributed by atoms with Crippen LogP contribution in [0.1, 0.15) is 30.9 Å². The Balaban J connectivity index is 1.99. The van der Waals surface area contributed by atoms with Crippen LogP contribution in [0, 0.1) is 4.78 Å². The second-order valence-electron chi connectivity index (χ2n) is 6.07. The summed E-state index contributed by atoms with van der Waals surface area (Å²) in [5, 5.41) is -0.0787. The lowest BCUT2D eigenvalue weighted by Gasteiger charge is -2.17. The van der Waals surface area contributed by atoms with E-state index in [2.05, 4.69) is 9.97 Å². The molecule has 1 amide bonds. The number of carbonyl (C=O) groups is 1. The van der Waals surface area contributed by atoms with Crippen LogP contribution in [-0.2, 0) is 27.5 Å². The summed E-state index contributed by atoms with van der Waals surface area (Å²) >= 11 is 0. The predicted octanol–water partition coefficient (Wildman–Crippen LogP) is 2.35. The number of hydrogen-bond donors (Lipinski definition) is 2. The summed E-state index contributed by atoms with van der Waals surface area (Å²) in [5.74, 6) is 0.587. The van der Waals surface area contributed by atoms with Gasteiger partial charge in [-0.05, 0) is 12.0 Å². The van der Waals surface area contributed by atoms with Gasteiger partial charge in [0.1, 0.15) is 21.4 Å². The minimum absolute atomic E-state index is 0.0787. The Labute approximate surface area is 147 Å². The molecule has 1 aromatic carbocycles. The number of nitrogens with zero attached hydrogens (tertiary/aromatic N) is 3. The first-order valence-corrected chi connectivity index (χ1v) is 9.92. The molecule has 2 aromatic rings. The van der Waals surface area contributed by atoms with Gasteiger partial charge in [-0.25, -0.2) is 19.0 Å². The van der Waals surface area contributed by atoms with E-state index in [1.807, 2.05) is 37.3 Å². The molecular formula is C17H21N5O2S. The molecule has 8 heteroatoms. The Hall–Kier alpha value is -2.48. The van der Waals surface area contributed by atoms with Crippen LogP contribution >= 0.6 is 0 Å². The van der Waals surface area contributed by atoms with Gasteiger partial charge in [-0.3, -0.25) is 9.69 Å². The normalized spacial score (nSPS) is 15.9. The fourth-order valence-corrected chi connectivity index (χ4v) is 4.10. The zero-order chi connectivity index (χ0) is 18.0. The average Bonchev–Trinajstić information content (AvgIpc) is 2.91. The van der Waals surface area contributed by atoms with Crippen molar-refractivity contribution in [2.24, 2.45) is 0 Å². The van der Waals surface area contributed by atoms with E-state index in [1.165, 1.54) is 4.90 Å². The number of anilines is 2. The van der Waals surface area contributed by atoms with Crippen molar-refractivity contribution in [2.45, 2.75) is 37.9 Å². The van der Waals surface area contributed by atoms with Crippen molar-refractivity contribution in [3.8, 4) is 0 Å². The predicted molar refractivity (Wildman–Crippen MR) is 96.7 cm³/mol. The Morgan fingerprint density at radius 1 is 1.28 bits per heavy atom. The molecule has 0 fully saturated rings. The van der Waals surface area contributed by atoms with Gasteiger partial charge in [0.2, 0.25) is 11.1 Å². The second-order valence-corrected chi connectivity index (χ2v) is 8.19. The van der Waals surface area contributed by atoms with E-state index in [4.69, 9.17) is 10.5 Å². The molecule has 0 bridgehead atoms. The molecule has 1 aliphatic heterocycles. The number of nitrogen functional groups attached to an aromatic ring is 1. The molecule has 0 radical (unpaired) electrons. The van der Waals surface area contributed by atoms with Crippen molar-refractivity contribution >= 4 is 27.3 Å². The number of nitrogens with one attached hydrogen (secondary N) is 1. The van der Waals surface area contributed by atoms with E-state index in [1.54, 1.807) is 0 Å². The van der Waals surface area contributed by atoms with Crippen LogP contribution in [0.15, 0.2) is 35.5 Å². The van der Waals surface area contributed by atoms with Crippen molar-refractivity contribution in [1.82, 2.24) is 9.97 Å². The van der Waals surface area contributed by atoms with E-state index in [-0.39, 0.29) is 29.1 Å². The summed E-state index contributed by atoms with van der Waals surface area (Å²) in [4.78, 5) is 22.3. The number of benzene rings is 1. The first-order chi connectivity index (χ1) is 11.9. The lowest BCUT2D eigenvalue weighted by molar-refractivity contribution is -0.117. The molecule has 1 atom stereocenters. The average molecular weight is 359 g/mol. The third-order valence-electron chi connectivity index (χ3n) is 4.15. The van der Waals surface area contributed by atoms with Gasteiger partial charge in [0, 0.05) is 11.3 Å². The molecule has 2 heterocycles. The minimum Gasteiger partial charge on any atom is -0.383 e. The fraction of sp³-hybridized carbons (Fsp3) is 0.353.